The number of hydrogen-bond donors (Lipinski definition) is 2. The zero-order valence-electron chi connectivity index (χ0n) is 10.8. The molecule has 1 fully saturated rings. The van der Waals surface area contributed by atoms with E-state index in [1.165, 1.54) is 12.1 Å². The molecule has 0 spiro atoms. The second-order valence-electron chi connectivity index (χ2n) is 4.90. The van der Waals surface area contributed by atoms with Crippen LogP contribution in [-0.4, -0.2) is 33.1 Å². The lowest BCUT2D eigenvalue weighted by molar-refractivity contribution is 0.0676. The Bertz CT molecular complexity index is 458. The molecule has 4 nitrogen and oxygen atoms in total. The van der Waals surface area contributed by atoms with Crippen LogP contribution in [-0.2, 0) is 0 Å². The van der Waals surface area contributed by atoms with Gasteiger partial charge in [0, 0.05) is 17.6 Å². The molecule has 1 heterocycles. The summed E-state index contributed by atoms with van der Waals surface area (Å²) in [6, 6.07) is 4.75. The van der Waals surface area contributed by atoms with E-state index < -0.39 is 0 Å². The van der Waals surface area contributed by atoms with Gasteiger partial charge in [-0.3, -0.25) is 4.79 Å². The second kappa shape index (κ2) is 4.88. The molecule has 1 aliphatic rings. The molecule has 1 amide bonds. The topological polar surface area (TPSA) is 60.8 Å². The molecule has 0 aromatic heterocycles. The molecule has 18 heavy (non-hydrogen) atoms. The number of carbonyl (C=O) groups is 1. The Kier molecular flexibility index (Phi) is 3.45. The van der Waals surface area contributed by atoms with Gasteiger partial charge in [0.1, 0.15) is 0 Å². The highest BCUT2D eigenvalue weighted by molar-refractivity contribution is 5.95. The Hall–Kier alpha value is -1.71. The Balaban J connectivity index is 2.27. The number of likely N-dealkylation sites (tertiary alicyclic amines) is 1. The molecule has 2 rings (SSSR count). The molecule has 1 aliphatic heterocycles. The van der Waals surface area contributed by atoms with Crippen LogP contribution >= 0.6 is 0 Å². The van der Waals surface area contributed by atoms with Crippen molar-refractivity contribution >= 4 is 5.91 Å². The number of amides is 1. The van der Waals surface area contributed by atoms with Crippen molar-refractivity contribution in [2.45, 2.75) is 45.2 Å². The number of nitrogens with zero attached hydrogens (tertiary/aromatic N) is 1. The number of hydrogen-bond acceptors (Lipinski definition) is 3. The molecule has 1 aromatic carbocycles. The zero-order chi connectivity index (χ0) is 13.3. The average Bonchev–Trinajstić information content (AvgIpc) is 2.73. The van der Waals surface area contributed by atoms with Crippen molar-refractivity contribution in [3.63, 3.8) is 0 Å². The smallest absolute Gasteiger partial charge is 0.254 e. The van der Waals surface area contributed by atoms with E-state index in [0.29, 0.717) is 5.56 Å². The number of rotatable bonds is 2. The quantitative estimate of drug-likeness (QED) is 0.792. The average molecular weight is 249 g/mol. The minimum atomic E-state index is -0.249. The summed E-state index contributed by atoms with van der Waals surface area (Å²) in [5, 5.41) is 18.7. The summed E-state index contributed by atoms with van der Waals surface area (Å²) in [5.74, 6) is -0.518. The number of aromatic hydroxyl groups is 2. The van der Waals surface area contributed by atoms with E-state index in [-0.39, 0.29) is 29.5 Å². The first kappa shape index (κ1) is 12.7. The van der Waals surface area contributed by atoms with Crippen molar-refractivity contribution in [1.29, 1.82) is 0 Å². The van der Waals surface area contributed by atoms with Crippen LogP contribution in [0.1, 0.15) is 43.5 Å². The van der Waals surface area contributed by atoms with Crippen molar-refractivity contribution in [2.75, 3.05) is 0 Å². The molecular formula is C14H19NO3. The van der Waals surface area contributed by atoms with Gasteiger partial charge in [-0.1, -0.05) is 6.92 Å². The van der Waals surface area contributed by atoms with Gasteiger partial charge in [0.15, 0.2) is 11.5 Å². The Morgan fingerprint density at radius 2 is 2.06 bits per heavy atom. The van der Waals surface area contributed by atoms with Crippen molar-refractivity contribution in [3.05, 3.63) is 23.8 Å². The fraction of sp³-hybridized carbons (Fsp3) is 0.500. The van der Waals surface area contributed by atoms with Crippen LogP contribution < -0.4 is 0 Å². The summed E-state index contributed by atoms with van der Waals surface area (Å²) in [4.78, 5) is 14.3. The van der Waals surface area contributed by atoms with Crippen LogP contribution in [0.25, 0.3) is 0 Å². The molecule has 0 aliphatic carbocycles. The molecule has 4 heteroatoms. The van der Waals surface area contributed by atoms with Crippen LogP contribution in [0.4, 0.5) is 0 Å². The third kappa shape index (κ3) is 2.15. The summed E-state index contributed by atoms with van der Waals surface area (Å²) >= 11 is 0. The molecule has 2 atom stereocenters. The molecule has 0 saturated carbocycles. The maximum absolute atomic E-state index is 12.4. The van der Waals surface area contributed by atoms with E-state index in [4.69, 9.17) is 0 Å². The first-order valence-corrected chi connectivity index (χ1v) is 6.39. The number of phenolic OH excluding ortho intramolecular Hbond substituents is 2. The summed E-state index contributed by atoms with van der Waals surface area (Å²) in [5.41, 5.74) is 0.428. The summed E-state index contributed by atoms with van der Waals surface area (Å²) in [7, 11) is 0. The van der Waals surface area contributed by atoms with E-state index in [9.17, 15) is 15.0 Å². The number of benzene rings is 1. The van der Waals surface area contributed by atoms with Crippen molar-refractivity contribution in [3.8, 4) is 11.5 Å². The predicted octanol–water partition coefficient (Wildman–Crippen LogP) is 2.50. The van der Waals surface area contributed by atoms with E-state index >= 15 is 0 Å². The number of carbonyl (C=O) groups excluding carboxylic acids is 1. The van der Waals surface area contributed by atoms with Gasteiger partial charge in [0.05, 0.1) is 0 Å². The van der Waals surface area contributed by atoms with E-state index in [2.05, 4.69) is 6.92 Å². The molecule has 2 unspecified atom stereocenters. The van der Waals surface area contributed by atoms with Crippen molar-refractivity contribution in [2.24, 2.45) is 0 Å². The van der Waals surface area contributed by atoms with Gasteiger partial charge in [-0.05, 0) is 44.4 Å². The van der Waals surface area contributed by atoms with Gasteiger partial charge >= 0.3 is 0 Å². The minimum Gasteiger partial charge on any atom is -0.504 e. The van der Waals surface area contributed by atoms with Gasteiger partial charge < -0.3 is 15.1 Å². The third-order valence-corrected chi connectivity index (χ3v) is 3.71. The molecule has 0 radical (unpaired) electrons. The first-order chi connectivity index (χ1) is 8.54. The molecular weight excluding hydrogens is 230 g/mol. The highest BCUT2D eigenvalue weighted by atomic mass is 16.3. The lowest BCUT2D eigenvalue weighted by Crippen LogP contribution is -2.39. The van der Waals surface area contributed by atoms with Crippen LogP contribution in [0.15, 0.2) is 18.2 Å². The normalized spacial score (nSPS) is 23.3. The van der Waals surface area contributed by atoms with E-state index in [1.807, 2.05) is 11.8 Å². The van der Waals surface area contributed by atoms with Gasteiger partial charge in [-0.25, -0.2) is 0 Å². The van der Waals surface area contributed by atoms with Crippen molar-refractivity contribution in [1.82, 2.24) is 4.90 Å². The van der Waals surface area contributed by atoms with Gasteiger partial charge in [-0.15, -0.1) is 0 Å². The predicted molar refractivity (Wildman–Crippen MR) is 68.7 cm³/mol. The molecule has 98 valence electrons. The maximum Gasteiger partial charge on any atom is 0.254 e. The van der Waals surface area contributed by atoms with Crippen LogP contribution in [0, 0.1) is 0 Å². The SMILES string of the molecule is CCC1CCC(C)N1C(=O)c1ccc(O)c(O)c1. The zero-order valence-corrected chi connectivity index (χ0v) is 10.8. The molecule has 1 aromatic rings. The van der Waals surface area contributed by atoms with Crippen LogP contribution in [0.5, 0.6) is 11.5 Å². The Morgan fingerprint density at radius 1 is 1.33 bits per heavy atom. The van der Waals surface area contributed by atoms with Crippen LogP contribution in [0.3, 0.4) is 0 Å². The maximum atomic E-state index is 12.4. The monoisotopic (exact) mass is 249 g/mol. The van der Waals surface area contributed by atoms with Gasteiger partial charge in [0.25, 0.3) is 5.91 Å². The summed E-state index contributed by atoms with van der Waals surface area (Å²) in [6.45, 7) is 4.13. The van der Waals surface area contributed by atoms with Gasteiger partial charge in [-0.2, -0.15) is 0 Å². The Labute approximate surface area is 107 Å². The fourth-order valence-electron chi connectivity index (χ4n) is 2.64. The standard InChI is InChI=1S/C14H19NO3/c1-3-11-6-4-9(2)15(11)14(18)10-5-7-12(16)13(17)8-10/h5,7-9,11,16-17H,3-4,6H2,1-2H3. The van der Waals surface area contributed by atoms with E-state index in [1.54, 1.807) is 6.07 Å². The Morgan fingerprint density at radius 3 is 2.67 bits per heavy atom. The lowest BCUT2D eigenvalue weighted by Gasteiger charge is -2.28. The molecule has 2 N–H and O–H groups in total. The first-order valence-electron chi connectivity index (χ1n) is 6.39. The lowest BCUT2D eigenvalue weighted by atomic mass is 10.1. The third-order valence-electron chi connectivity index (χ3n) is 3.71. The summed E-state index contributed by atoms with van der Waals surface area (Å²) in [6.07, 6.45) is 3.00. The fourth-order valence-corrected chi connectivity index (χ4v) is 2.64. The molecule has 1 saturated heterocycles. The highest BCUT2D eigenvalue weighted by Gasteiger charge is 2.33. The second-order valence-corrected chi connectivity index (χ2v) is 4.90. The molecule has 0 bridgehead atoms. The number of phenols is 2. The highest BCUT2D eigenvalue weighted by Crippen LogP contribution is 2.30. The minimum absolute atomic E-state index is 0.0675. The largest absolute Gasteiger partial charge is 0.504 e. The van der Waals surface area contributed by atoms with Crippen molar-refractivity contribution < 1.29 is 15.0 Å². The summed E-state index contributed by atoms with van der Waals surface area (Å²) < 4.78 is 0. The van der Waals surface area contributed by atoms with E-state index in [0.717, 1.165) is 19.3 Å². The van der Waals surface area contributed by atoms with Gasteiger partial charge in [0.2, 0.25) is 0 Å². The van der Waals surface area contributed by atoms with Crippen LogP contribution in [0.2, 0.25) is 0 Å².